The Morgan fingerprint density at radius 3 is 2.64 bits per heavy atom. The van der Waals surface area contributed by atoms with Crippen molar-refractivity contribution in [2.24, 2.45) is 0 Å². The Morgan fingerprint density at radius 1 is 1.04 bits per heavy atom. The number of nitrogens with one attached hydrogen (secondary N) is 2. The molecule has 128 valence electrons. The number of rotatable bonds is 6. The first-order valence-electron chi connectivity index (χ1n) is 8.14. The van der Waals surface area contributed by atoms with E-state index in [4.69, 9.17) is 0 Å². The zero-order valence-corrected chi connectivity index (χ0v) is 14.4. The van der Waals surface area contributed by atoms with Crippen molar-refractivity contribution >= 4 is 28.2 Å². The lowest BCUT2D eigenvalue weighted by Crippen LogP contribution is -2.29. The monoisotopic (exact) mass is 335 g/mol. The Hall–Kier alpha value is -3.15. The molecule has 0 fully saturated rings. The van der Waals surface area contributed by atoms with Gasteiger partial charge in [-0.15, -0.1) is 5.10 Å². The maximum atomic E-state index is 12.3. The van der Waals surface area contributed by atoms with Crippen LogP contribution in [-0.2, 0) is 0 Å². The van der Waals surface area contributed by atoms with E-state index in [1.165, 1.54) is 0 Å². The molecule has 25 heavy (non-hydrogen) atoms. The number of amides is 1. The number of nitrogens with zero attached hydrogens (tertiary/aromatic N) is 3. The fraction of sp³-hybridized carbons (Fsp3) is 0.211. The van der Waals surface area contributed by atoms with Gasteiger partial charge in [0.2, 0.25) is 0 Å². The topological polar surface area (TPSA) is 70.2 Å². The summed E-state index contributed by atoms with van der Waals surface area (Å²) in [7, 11) is 3.90. The first-order chi connectivity index (χ1) is 12.1. The lowest BCUT2D eigenvalue weighted by molar-refractivity contribution is 0.0955. The number of hydrogen-bond donors (Lipinski definition) is 2. The van der Waals surface area contributed by atoms with Gasteiger partial charge < -0.3 is 15.5 Å². The Labute approximate surface area is 146 Å². The molecule has 1 aromatic heterocycles. The second-order valence-corrected chi connectivity index (χ2v) is 5.94. The summed E-state index contributed by atoms with van der Waals surface area (Å²) < 4.78 is 0. The van der Waals surface area contributed by atoms with Crippen LogP contribution in [0.2, 0.25) is 0 Å². The van der Waals surface area contributed by atoms with Gasteiger partial charge in [-0.2, -0.15) is 5.10 Å². The lowest BCUT2D eigenvalue weighted by Gasteiger charge is -2.13. The average Bonchev–Trinajstić information content (AvgIpc) is 2.65. The molecule has 6 nitrogen and oxygen atoms in total. The zero-order chi connectivity index (χ0) is 17.6. The molecule has 6 heteroatoms. The molecular formula is C19H21N5O. The summed E-state index contributed by atoms with van der Waals surface area (Å²) in [4.78, 5) is 14.2. The van der Waals surface area contributed by atoms with Gasteiger partial charge in [0.25, 0.3) is 5.91 Å². The highest BCUT2D eigenvalue weighted by Crippen LogP contribution is 2.15. The molecule has 3 aromatic rings. The Kier molecular flexibility index (Phi) is 5.09. The highest BCUT2D eigenvalue weighted by Gasteiger charge is 2.06. The van der Waals surface area contributed by atoms with Crippen LogP contribution in [0.1, 0.15) is 10.4 Å². The van der Waals surface area contributed by atoms with Crippen LogP contribution in [0.15, 0.2) is 54.7 Å². The summed E-state index contributed by atoms with van der Waals surface area (Å²) >= 11 is 0. The molecule has 1 heterocycles. The lowest BCUT2D eigenvalue weighted by atomic mass is 10.1. The quantitative estimate of drug-likeness (QED) is 0.678. The van der Waals surface area contributed by atoms with Crippen molar-refractivity contribution in [2.75, 3.05) is 37.4 Å². The molecule has 1 amide bonds. The average molecular weight is 335 g/mol. The minimum absolute atomic E-state index is 0.0827. The Morgan fingerprint density at radius 2 is 1.84 bits per heavy atom. The van der Waals surface area contributed by atoms with Crippen molar-refractivity contribution in [2.45, 2.75) is 0 Å². The second kappa shape index (κ2) is 7.61. The Bertz CT molecular complexity index is 878. The number of benzene rings is 2. The van der Waals surface area contributed by atoms with E-state index in [1.54, 1.807) is 6.20 Å². The smallest absolute Gasteiger partial charge is 0.251 e. The van der Waals surface area contributed by atoms with Gasteiger partial charge in [0, 0.05) is 38.8 Å². The molecule has 2 aromatic carbocycles. The van der Waals surface area contributed by atoms with Gasteiger partial charge in [-0.3, -0.25) is 4.79 Å². The van der Waals surface area contributed by atoms with E-state index in [9.17, 15) is 4.79 Å². The van der Waals surface area contributed by atoms with E-state index < -0.39 is 0 Å². The molecule has 0 unspecified atom stereocenters. The maximum Gasteiger partial charge on any atom is 0.251 e. The molecule has 0 spiro atoms. The fourth-order valence-corrected chi connectivity index (χ4v) is 2.49. The summed E-state index contributed by atoms with van der Waals surface area (Å²) in [6, 6.07) is 15.6. The second-order valence-electron chi connectivity index (χ2n) is 5.94. The summed E-state index contributed by atoms with van der Waals surface area (Å²) in [6.45, 7) is 1.07. The van der Waals surface area contributed by atoms with Crippen LogP contribution in [0.4, 0.5) is 11.5 Å². The van der Waals surface area contributed by atoms with Gasteiger partial charge in [0.15, 0.2) is 5.82 Å². The number of aromatic nitrogens is 2. The van der Waals surface area contributed by atoms with Crippen LogP contribution < -0.4 is 15.5 Å². The molecular weight excluding hydrogens is 314 g/mol. The number of carbonyl (C=O) groups excluding carboxylic acids is 1. The fourth-order valence-electron chi connectivity index (χ4n) is 2.49. The van der Waals surface area contributed by atoms with Crippen LogP contribution in [0.5, 0.6) is 0 Å². The van der Waals surface area contributed by atoms with Gasteiger partial charge in [0.05, 0.1) is 11.9 Å². The van der Waals surface area contributed by atoms with E-state index in [2.05, 4.69) is 20.8 Å². The molecule has 0 saturated carbocycles. The summed E-state index contributed by atoms with van der Waals surface area (Å²) in [5, 5.41) is 16.2. The third kappa shape index (κ3) is 4.23. The van der Waals surface area contributed by atoms with Crippen LogP contribution >= 0.6 is 0 Å². The van der Waals surface area contributed by atoms with E-state index in [1.807, 2.05) is 67.5 Å². The van der Waals surface area contributed by atoms with E-state index >= 15 is 0 Å². The predicted octanol–water partition coefficient (Wildman–Crippen LogP) is 2.54. The van der Waals surface area contributed by atoms with E-state index in [0.29, 0.717) is 24.5 Å². The highest BCUT2D eigenvalue weighted by atomic mass is 16.1. The molecule has 0 aliphatic rings. The first kappa shape index (κ1) is 16.7. The highest BCUT2D eigenvalue weighted by molar-refractivity contribution is 5.98. The van der Waals surface area contributed by atoms with Crippen LogP contribution in [-0.4, -0.2) is 43.3 Å². The molecule has 0 saturated heterocycles. The minimum atomic E-state index is -0.0827. The predicted molar refractivity (Wildman–Crippen MR) is 101 cm³/mol. The first-order valence-corrected chi connectivity index (χ1v) is 8.14. The largest absolute Gasteiger partial charge is 0.376 e. The van der Waals surface area contributed by atoms with Crippen molar-refractivity contribution in [1.82, 2.24) is 15.5 Å². The zero-order valence-electron chi connectivity index (χ0n) is 14.4. The van der Waals surface area contributed by atoms with Gasteiger partial charge in [-0.25, -0.2) is 0 Å². The van der Waals surface area contributed by atoms with Crippen LogP contribution in [0.3, 0.4) is 0 Å². The van der Waals surface area contributed by atoms with Crippen molar-refractivity contribution in [3.8, 4) is 0 Å². The van der Waals surface area contributed by atoms with Crippen LogP contribution in [0.25, 0.3) is 10.8 Å². The standard InChI is InChI=1S/C19H21N5O/c1-24(2)17-12-18(23-22-13-17)20-9-10-21-19(25)16-8-7-14-5-3-4-6-15(14)11-16/h3-8,11-13H,9-10H2,1-2H3,(H,20,23)(H,21,25). The van der Waals surface area contributed by atoms with Gasteiger partial charge in [0.1, 0.15) is 0 Å². The summed E-state index contributed by atoms with van der Waals surface area (Å²) in [5.74, 6) is 0.604. The molecule has 2 N–H and O–H groups in total. The van der Waals surface area contributed by atoms with E-state index in [0.717, 1.165) is 16.5 Å². The normalized spacial score (nSPS) is 10.5. The summed E-state index contributed by atoms with van der Waals surface area (Å²) in [6.07, 6.45) is 1.70. The van der Waals surface area contributed by atoms with Crippen molar-refractivity contribution in [3.63, 3.8) is 0 Å². The molecule has 3 rings (SSSR count). The molecule has 0 aliphatic carbocycles. The van der Waals surface area contributed by atoms with Gasteiger partial charge in [-0.05, 0) is 22.9 Å². The summed E-state index contributed by atoms with van der Waals surface area (Å²) in [5.41, 5.74) is 1.63. The molecule has 0 bridgehead atoms. The number of hydrogen-bond acceptors (Lipinski definition) is 5. The molecule has 0 radical (unpaired) electrons. The van der Waals surface area contributed by atoms with Crippen LogP contribution in [0, 0.1) is 0 Å². The minimum Gasteiger partial charge on any atom is -0.376 e. The SMILES string of the molecule is CN(C)c1cnnc(NCCNC(=O)c2ccc3ccccc3c2)c1. The van der Waals surface area contributed by atoms with Crippen molar-refractivity contribution in [3.05, 3.63) is 60.3 Å². The molecule has 0 atom stereocenters. The third-order valence-corrected chi connectivity index (χ3v) is 3.88. The maximum absolute atomic E-state index is 12.3. The van der Waals surface area contributed by atoms with Crippen molar-refractivity contribution < 1.29 is 4.79 Å². The third-order valence-electron chi connectivity index (χ3n) is 3.88. The van der Waals surface area contributed by atoms with E-state index in [-0.39, 0.29) is 5.91 Å². The van der Waals surface area contributed by atoms with Crippen molar-refractivity contribution in [1.29, 1.82) is 0 Å². The number of carbonyl (C=O) groups is 1. The Balaban J connectivity index is 1.53. The van der Waals surface area contributed by atoms with Gasteiger partial charge >= 0.3 is 0 Å². The number of anilines is 2. The van der Waals surface area contributed by atoms with Gasteiger partial charge in [-0.1, -0.05) is 30.3 Å². The number of fused-ring (bicyclic) bond motifs is 1. The molecule has 0 aliphatic heterocycles.